The van der Waals surface area contributed by atoms with Crippen LogP contribution in [0.2, 0.25) is 0 Å². The molecule has 1 aromatic heterocycles. The number of anilines is 1. The van der Waals surface area contributed by atoms with Crippen LogP contribution in [-0.4, -0.2) is 22.8 Å². The molecule has 2 rings (SSSR count). The minimum absolute atomic E-state index is 0.421. The molecule has 17 heavy (non-hydrogen) atoms. The lowest BCUT2D eigenvalue weighted by molar-refractivity contribution is 0.445. The van der Waals surface area contributed by atoms with Crippen molar-refractivity contribution >= 4 is 6.01 Å². The molecule has 1 saturated carbocycles. The number of nitrogens with zero attached hydrogens (tertiary/aromatic N) is 2. The fraction of sp³-hybridized carbons (Fsp3) is 0.833. The van der Waals surface area contributed by atoms with Crippen molar-refractivity contribution < 1.29 is 4.42 Å². The molecule has 0 radical (unpaired) electrons. The van der Waals surface area contributed by atoms with Crippen LogP contribution in [0.5, 0.6) is 0 Å². The predicted octanol–water partition coefficient (Wildman–Crippen LogP) is 2.17. The highest BCUT2D eigenvalue weighted by Gasteiger charge is 2.22. The topological polar surface area (TPSA) is 63.0 Å². The Morgan fingerprint density at radius 2 is 2.12 bits per heavy atom. The summed E-state index contributed by atoms with van der Waals surface area (Å²) in [5, 5.41) is 14.5. The van der Waals surface area contributed by atoms with Crippen LogP contribution in [-0.2, 0) is 6.54 Å². The molecule has 1 aromatic rings. The van der Waals surface area contributed by atoms with Crippen molar-refractivity contribution in [3.05, 3.63) is 5.89 Å². The van der Waals surface area contributed by atoms with Gasteiger partial charge in [-0.05, 0) is 32.2 Å². The zero-order chi connectivity index (χ0) is 12.1. The Morgan fingerprint density at radius 1 is 1.35 bits per heavy atom. The van der Waals surface area contributed by atoms with Crippen molar-refractivity contribution in [3.63, 3.8) is 0 Å². The van der Waals surface area contributed by atoms with Gasteiger partial charge in [-0.25, -0.2) is 0 Å². The van der Waals surface area contributed by atoms with E-state index in [0.717, 1.165) is 12.5 Å². The van der Waals surface area contributed by atoms with Crippen LogP contribution in [0, 0.1) is 5.92 Å². The molecular weight excluding hydrogens is 216 g/mol. The van der Waals surface area contributed by atoms with Crippen LogP contribution in [0.3, 0.4) is 0 Å². The first-order valence-corrected chi connectivity index (χ1v) is 6.59. The van der Waals surface area contributed by atoms with Crippen LogP contribution < -0.4 is 10.6 Å². The van der Waals surface area contributed by atoms with Gasteiger partial charge in [-0.3, -0.25) is 0 Å². The second-order valence-corrected chi connectivity index (χ2v) is 4.76. The Labute approximate surface area is 102 Å². The van der Waals surface area contributed by atoms with E-state index in [1.165, 1.54) is 25.7 Å². The van der Waals surface area contributed by atoms with Crippen molar-refractivity contribution in [1.82, 2.24) is 15.5 Å². The maximum Gasteiger partial charge on any atom is 0.315 e. The summed E-state index contributed by atoms with van der Waals surface area (Å²) in [4.78, 5) is 0. The number of rotatable bonds is 6. The van der Waals surface area contributed by atoms with Crippen molar-refractivity contribution in [2.75, 3.05) is 11.9 Å². The summed E-state index contributed by atoms with van der Waals surface area (Å²) in [6.45, 7) is 5.80. The third kappa shape index (κ3) is 3.43. The van der Waals surface area contributed by atoms with E-state index in [1.807, 2.05) is 0 Å². The van der Waals surface area contributed by atoms with Gasteiger partial charge in [0.2, 0.25) is 5.89 Å². The number of hydrogen-bond donors (Lipinski definition) is 2. The number of hydrogen-bond acceptors (Lipinski definition) is 5. The zero-order valence-electron chi connectivity index (χ0n) is 10.7. The second-order valence-electron chi connectivity index (χ2n) is 4.76. The van der Waals surface area contributed by atoms with E-state index >= 15 is 0 Å². The third-order valence-electron chi connectivity index (χ3n) is 3.45. The lowest BCUT2D eigenvalue weighted by Crippen LogP contribution is -2.23. The number of nitrogens with one attached hydrogen (secondary N) is 2. The fourth-order valence-corrected chi connectivity index (χ4v) is 2.39. The fourth-order valence-electron chi connectivity index (χ4n) is 2.39. The molecule has 2 N–H and O–H groups in total. The molecule has 0 saturated heterocycles. The van der Waals surface area contributed by atoms with E-state index in [-0.39, 0.29) is 0 Å². The minimum Gasteiger partial charge on any atom is -0.407 e. The molecule has 96 valence electrons. The predicted molar refractivity (Wildman–Crippen MR) is 66.7 cm³/mol. The highest BCUT2D eigenvalue weighted by molar-refractivity contribution is 5.19. The molecular formula is C12H22N4O. The standard InChI is InChI=1S/C12H22N4O/c1-3-13-8-11-15-16-12(17-11)14-9(2)10-6-4-5-7-10/h9-10,13H,3-8H2,1-2H3,(H,14,16). The molecule has 0 aliphatic heterocycles. The molecule has 0 aromatic carbocycles. The van der Waals surface area contributed by atoms with Gasteiger partial charge in [0.05, 0.1) is 6.54 Å². The average Bonchev–Trinajstić information content (AvgIpc) is 2.97. The molecule has 0 spiro atoms. The van der Waals surface area contributed by atoms with E-state index in [9.17, 15) is 0 Å². The van der Waals surface area contributed by atoms with Crippen LogP contribution in [0.1, 0.15) is 45.4 Å². The van der Waals surface area contributed by atoms with Gasteiger partial charge in [0.25, 0.3) is 0 Å². The Bertz CT molecular complexity index is 333. The molecule has 5 heteroatoms. The lowest BCUT2D eigenvalue weighted by Gasteiger charge is -2.18. The van der Waals surface area contributed by atoms with E-state index in [2.05, 4.69) is 34.7 Å². The van der Waals surface area contributed by atoms with Crippen molar-refractivity contribution in [2.24, 2.45) is 5.92 Å². The average molecular weight is 238 g/mol. The summed E-state index contributed by atoms with van der Waals surface area (Å²) in [5.41, 5.74) is 0. The van der Waals surface area contributed by atoms with E-state index in [1.54, 1.807) is 0 Å². The van der Waals surface area contributed by atoms with Crippen LogP contribution in [0.25, 0.3) is 0 Å². The Balaban J connectivity index is 1.83. The quantitative estimate of drug-likeness (QED) is 0.795. The largest absolute Gasteiger partial charge is 0.407 e. The summed E-state index contributed by atoms with van der Waals surface area (Å²) < 4.78 is 5.52. The molecule has 1 fully saturated rings. The second kappa shape index (κ2) is 6.00. The first kappa shape index (κ1) is 12.4. The Morgan fingerprint density at radius 3 is 2.82 bits per heavy atom. The highest BCUT2D eigenvalue weighted by atomic mass is 16.4. The molecule has 1 aliphatic carbocycles. The van der Waals surface area contributed by atoms with Gasteiger partial charge in [0.1, 0.15) is 0 Å². The normalized spacial score (nSPS) is 18.5. The van der Waals surface area contributed by atoms with Crippen molar-refractivity contribution in [2.45, 2.75) is 52.1 Å². The summed E-state index contributed by atoms with van der Waals surface area (Å²) in [7, 11) is 0. The summed E-state index contributed by atoms with van der Waals surface area (Å²) in [6.07, 6.45) is 5.33. The van der Waals surface area contributed by atoms with Gasteiger partial charge in [-0.15, -0.1) is 5.10 Å². The van der Waals surface area contributed by atoms with Gasteiger partial charge >= 0.3 is 6.01 Å². The monoisotopic (exact) mass is 238 g/mol. The van der Waals surface area contributed by atoms with Gasteiger partial charge in [-0.1, -0.05) is 24.9 Å². The molecule has 1 atom stereocenters. The van der Waals surface area contributed by atoms with Crippen molar-refractivity contribution in [1.29, 1.82) is 0 Å². The molecule has 0 amide bonds. The van der Waals surface area contributed by atoms with Gasteiger partial charge in [0, 0.05) is 6.04 Å². The maximum atomic E-state index is 5.52. The maximum absolute atomic E-state index is 5.52. The summed E-state index contributed by atoms with van der Waals surface area (Å²) in [5.74, 6) is 1.40. The lowest BCUT2D eigenvalue weighted by atomic mass is 10.0. The van der Waals surface area contributed by atoms with Gasteiger partial charge in [0.15, 0.2) is 0 Å². The first-order valence-electron chi connectivity index (χ1n) is 6.59. The van der Waals surface area contributed by atoms with E-state index in [4.69, 9.17) is 4.42 Å². The highest BCUT2D eigenvalue weighted by Crippen LogP contribution is 2.28. The summed E-state index contributed by atoms with van der Waals surface area (Å²) in [6, 6.07) is 0.974. The SMILES string of the molecule is CCNCc1nnc(NC(C)C2CCCC2)o1. The zero-order valence-corrected chi connectivity index (χ0v) is 10.7. The van der Waals surface area contributed by atoms with Gasteiger partial charge < -0.3 is 15.1 Å². The minimum atomic E-state index is 0.421. The van der Waals surface area contributed by atoms with E-state index in [0.29, 0.717) is 24.5 Å². The molecule has 0 bridgehead atoms. The van der Waals surface area contributed by atoms with Crippen LogP contribution in [0.15, 0.2) is 4.42 Å². The molecule has 1 heterocycles. The molecule has 5 nitrogen and oxygen atoms in total. The molecule has 1 aliphatic rings. The Hall–Kier alpha value is -1.10. The molecule has 1 unspecified atom stereocenters. The number of aromatic nitrogens is 2. The summed E-state index contributed by atoms with van der Waals surface area (Å²) >= 11 is 0. The van der Waals surface area contributed by atoms with Gasteiger partial charge in [-0.2, -0.15) is 0 Å². The van der Waals surface area contributed by atoms with Crippen LogP contribution in [0.4, 0.5) is 6.01 Å². The Kier molecular flexibility index (Phi) is 4.36. The first-order chi connectivity index (χ1) is 8.29. The smallest absolute Gasteiger partial charge is 0.315 e. The van der Waals surface area contributed by atoms with Crippen molar-refractivity contribution in [3.8, 4) is 0 Å². The van der Waals surface area contributed by atoms with Crippen LogP contribution >= 0.6 is 0 Å². The third-order valence-corrected chi connectivity index (χ3v) is 3.45. The van der Waals surface area contributed by atoms with E-state index < -0.39 is 0 Å².